The van der Waals surface area contributed by atoms with E-state index in [9.17, 15) is 4.39 Å². The summed E-state index contributed by atoms with van der Waals surface area (Å²) in [5.74, 6) is 1.30. The van der Waals surface area contributed by atoms with Crippen LogP contribution in [-0.4, -0.2) is 23.6 Å². The first kappa shape index (κ1) is 18.5. The number of fused-ring (bicyclic) bond motifs is 1. The maximum atomic E-state index is 13.3. The van der Waals surface area contributed by atoms with E-state index in [1.54, 1.807) is 25.6 Å². The number of nitrogens with zero attached hydrogens (tertiary/aromatic N) is 2. The number of methoxy groups -OCH3 is 2. The predicted molar refractivity (Wildman–Crippen MR) is 110 cm³/mol. The number of halogens is 1. The molecule has 0 amide bonds. The molecule has 144 valence electrons. The largest absolute Gasteiger partial charge is 0.497 e. The molecule has 0 aliphatic heterocycles. The van der Waals surface area contributed by atoms with E-state index in [0.29, 0.717) is 0 Å². The van der Waals surface area contributed by atoms with Gasteiger partial charge in [-0.3, -0.25) is 4.40 Å². The van der Waals surface area contributed by atoms with Gasteiger partial charge in [0.25, 0.3) is 0 Å². The van der Waals surface area contributed by atoms with Crippen LogP contribution >= 0.6 is 11.3 Å². The van der Waals surface area contributed by atoms with Crippen LogP contribution in [0.4, 0.5) is 4.39 Å². The van der Waals surface area contributed by atoms with E-state index in [2.05, 4.69) is 23.6 Å². The van der Waals surface area contributed by atoms with Crippen LogP contribution in [0.1, 0.15) is 25.1 Å². The zero-order valence-corrected chi connectivity index (χ0v) is 17.0. The van der Waals surface area contributed by atoms with Crippen LogP contribution in [0, 0.1) is 5.82 Å². The molecular formula is C22H21FN2O2S. The van der Waals surface area contributed by atoms with Crippen molar-refractivity contribution in [3.63, 3.8) is 0 Å². The smallest absolute Gasteiger partial charge is 0.194 e. The Balaban J connectivity index is 1.83. The number of thiazole rings is 1. The van der Waals surface area contributed by atoms with Gasteiger partial charge in [-0.25, -0.2) is 9.37 Å². The molecule has 0 aliphatic rings. The van der Waals surface area contributed by atoms with Crippen molar-refractivity contribution >= 4 is 16.3 Å². The van der Waals surface area contributed by atoms with E-state index in [0.717, 1.165) is 39.0 Å². The van der Waals surface area contributed by atoms with Crippen LogP contribution in [0.25, 0.3) is 16.2 Å². The highest BCUT2D eigenvalue weighted by molar-refractivity contribution is 7.15. The van der Waals surface area contributed by atoms with E-state index in [1.807, 2.05) is 36.5 Å². The van der Waals surface area contributed by atoms with Crippen molar-refractivity contribution in [1.29, 1.82) is 0 Å². The van der Waals surface area contributed by atoms with E-state index in [1.165, 1.54) is 12.1 Å². The van der Waals surface area contributed by atoms with Gasteiger partial charge in [-0.1, -0.05) is 26.0 Å². The first-order valence-corrected chi connectivity index (χ1v) is 9.77. The van der Waals surface area contributed by atoms with Crippen molar-refractivity contribution in [2.45, 2.75) is 19.3 Å². The van der Waals surface area contributed by atoms with E-state index in [-0.39, 0.29) is 11.2 Å². The van der Waals surface area contributed by atoms with Gasteiger partial charge in [-0.15, -0.1) is 11.3 Å². The number of aromatic nitrogens is 2. The Morgan fingerprint density at radius 2 is 1.79 bits per heavy atom. The molecule has 2 aromatic carbocycles. The predicted octanol–water partition coefficient (Wildman–Crippen LogP) is 5.55. The molecule has 0 unspecified atom stereocenters. The molecule has 0 N–H and O–H groups in total. The van der Waals surface area contributed by atoms with Crippen molar-refractivity contribution in [3.05, 3.63) is 71.1 Å². The van der Waals surface area contributed by atoms with E-state index < -0.39 is 0 Å². The molecule has 0 fully saturated rings. The number of benzene rings is 2. The van der Waals surface area contributed by atoms with Crippen LogP contribution in [-0.2, 0) is 5.41 Å². The Labute approximate surface area is 167 Å². The van der Waals surface area contributed by atoms with Gasteiger partial charge in [-0.05, 0) is 35.9 Å². The normalized spacial score (nSPS) is 11.8. The molecule has 0 bridgehead atoms. The summed E-state index contributed by atoms with van der Waals surface area (Å²) in [6.45, 7) is 4.19. The summed E-state index contributed by atoms with van der Waals surface area (Å²) < 4.78 is 26.3. The molecule has 4 rings (SSSR count). The Hall–Kier alpha value is -2.86. The zero-order valence-electron chi connectivity index (χ0n) is 16.2. The number of imidazole rings is 1. The van der Waals surface area contributed by atoms with Crippen LogP contribution in [0.3, 0.4) is 0 Å². The highest BCUT2D eigenvalue weighted by Crippen LogP contribution is 2.38. The summed E-state index contributed by atoms with van der Waals surface area (Å²) in [5.41, 5.74) is 3.52. The van der Waals surface area contributed by atoms with Crippen molar-refractivity contribution in [2.24, 2.45) is 0 Å². The summed E-state index contributed by atoms with van der Waals surface area (Å²) in [5, 5.41) is 2.06. The number of hydrogen-bond acceptors (Lipinski definition) is 4. The van der Waals surface area contributed by atoms with Gasteiger partial charge in [0, 0.05) is 22.6 Å². The van der Waals surface area contributed by atoms with Crippen LogP contribution in [0.2, 0.25) is 0 Å². The quantitative estimate of drug-likeness (QED) is 0.444. The molecule has 0 spiro atoms. The third-order valence-electron chi connectivity index (χ3n) is 5.10. The molecule has 28 heavy (non-hydrogen) atoms. The SMILES string of the molecule is COc1ccc(OC)c(-c2csc3nc(C(C)(C)c4ccc(F)cc4)cn23)c1. The zero-order chi connectivity index (χ0) is 19.9. The highest BCUT2D eigenvalue weighted by Gasteiger charge is 2.27. The molecular weight excluding hydrogens is 375 g/mol. The fraction of sp³-hybridized carbons (Fsp3) is 0.227. The monoisotopic (exact) mass is 396 g/mol. The molecule has 0 atom stereocenters. The van der Waals surface area contributed by atoms with Crippen LogP contribution in [0.5, 0.6) is 11.5 Å². The average molecular weight is 396 g/mol. The highest BCUT2D eigenvalue weighted by atomic mass is 32.1. The molecule has 4 aromatic rings. The minimum absolute atomic E-state index is 0.238. The van der Waals surface area contributed by atoms with Crippen LogP contribution in [0.15, 0.2) is 54.0 Å². The topological polar surface area (TPSA) is 35.8 Å². The summed E-state index contributed by atoms with van der Waals surface area (Å²) in [4.78, 5) is 5.74. The fourth-order valence-corrected chi connectivity index (χ4v) is 4.18. The minimum atomic E-state index is -0.352. The average Bonchev–Trinajstić information content (AvgIpc) is 3.29. The summed E-state index contributed by atoms with van der Waals surface area (Å²) >= 11 is 1.57. The number of ether oxygens (including phenoxy) is 2. The van der Waals surface area contributed by atoms with Gasteiger partial charge in [0.2, 0.25) is 0 Å². The maximum Gasteiger partial charge on any atom is 0.194 e. The van der Waals surface area contributed by atoms with Gasteiger partial charge >= 0.3 is 0 Å². The van der Waals surface area contributed by atoms with Gasteiger partial charge in [0.05, 0.1) is 25.6 Å². The lowest BCUT2D eigenvalue weighted by molar-refractivity contribution is 0.404. The molecule has 0 saturated heterocycles. The first-order chi connectivity index (χ1) is 13.4. The number of rotatable bonds is 5. The maximum absolute atomic E-state index is 13.3. The molecule has 6 heteroatoms. The standard InChI is InChI=1S/C22H21FN2O2S/c1-22(2,14-5-7-15(23)8-6-14)20-12-25-18(13-28-21(25)24-20)17-11-16(26-3)9-10-19(17)27-4/h5-13H,1-4H3. The molecule has 0 saturated carbocycles. The Morgan fingerprint density at radius 3 is 2.46 bits per heavy atom. The Kier molecular flexibility index (Phi) is 4.59. The lowest BCUT2D eigenvalue weighted by Crippen LogP contribution is -2.19. The van der Waals surface area contributed by atoms with E-state index in [4.69, 9.17) is 14.5 Å². The van der Waals surface area contributed by atoms with Gasteiger partial charge in [0.15, 0.2) is 4.96 Å². The van der Waals surface area contributed by atoms with Gasteiger partial charge in [0.1, 0.15) is 17.3 Å². The molecule has 0 aliphatic carbocycles. The van der Waals surface area contributed by atoms with Gasteiger partial charge < -0.3 is 9.47 Å². The first-order valence-electron chi connectivity index (χ1n) is 8.89. The van der Waals surface area contributed by atoms with Crippen molar-refractivity contribution in [2.75, 3.05) is 14.2 Å². The Bertz CT molecular complexity index is 1130. The van der Waals surface area contributed by atoms with Gasteiger partial charge in [-0.2, -0.15) is 0 Å². The Morgan fingerprint density at radius 1 is 1.04 bits per heavy atom. The molecule has 4 nitrogen and oxygen atoms in total. The fourth-order valence-electron chi connectivity index (χ4n) is 3.31. The summed E-state index contributed by atoms with van der Waals surface area (Å²) in [6, 6.07) is 12.3. The van der Waals surface area contributed by atoms with Crippen molar-refractivity contribution in [3.8, 4) is 22.8 Å². The lowest BCUT2D eigenvalue weighted by Gasteiger charge is -2.23. The second kappa shape index (κ2) is 6.95. The van der Waals surface area contributed by atoms with Crippen molar-refractivity contribution in [1.82, 2.24) is 9.38 Å². The third-order valence-corrected chi connectivity index (χ3v) is 5.94. The van der Waals surface area contributed by atoms with Crippen LogP contribution < -0.4 is 9.47 Å². The molecule has 2 heterocycles. The second-order valence-electron chi connectivity index (χ2n) is 7.10. The summed E-state index contributed by atoms with van der Waals surface area (Å²) in [7, 11) is 3.31. The molecule has 2 aromatic heterocycles. The summed E-state index contributed by atoms with van der Waals surface area (Å²) in [6.07, 6.45) is 2.05. The minimum Gasteiger partial charge on any atom is -0.497 e. The lowest BCUT2D eigenvalue weighted by atomic mass is 9.82. The second-order valence-corrected chi connectivity index (χ2v) is 7.93. The molecule has 0 radical (unpaired) electrons. The van der Waals surface area contributed by atoms with E-state index >= 15 is 0 Å². The third kappa shape index (κ3) is 3.03. The van der Waals surface area contributed by atoms with Crippen molar-refractivity contribution < 1.29 is 13.9 Å². The number of hydrogen-bond donors (Lipinski definition) is 0.